The molecule has 0 aliphatic heterocycles. The van der Waals surface area contributed by atoms with Gasteiger partial charge in [0.25, 0.3) is 0 Å². The van der Waals surface area contributed by atoms with Gasteiger partial charge in [-0.15, -0.1) is 0 Å². The van der Waals surface area contributed by atoms with Crippen LogP contribution in [0.25, 0.3) is 0 Å². The molecule has 0 saturated heterocycles. The van der Waals surface area contributed by atoms with Crippen molar-refractivity contribution in [2.24, 2.45) is 0 Å². The molecule has 3 N–H and O–H groups in total. The van der Waals surface area contributed by atoms with E-state index in [1.807, 2.05) is 24.3 Å². The second-order valence-electron chi connectivity index (χ2n) is 5.07. The Bertz CT molecular complexity index is 456. The number of nitrogens with one attached hydrogen (secondary N) is 1. The van der Waals surface area contributed by atoms with Crippen molar-refractivity contribution in [3.05, 3.63) is 35.4 Å². The number of amides is 1. The van der Waals surface area contributed by atoms with Crippen molar-refractivity contribution >= 4 is 11.9 Å². The molecule has 1 aromatic rings. The molecule has 1 amide bonds. The lowest BCUT2D eigenvalue weighted by Gasteiger charge is -2.13. The SMILES string of the molecule is CCCCc1ccc(CC(=O)N[C@@H](CCO)C(=O)O)cc1. The van der Waals surface area contributed by atoms with Gasteiger partial charge >= 0.3 is 5.97 Å². The zero-order chi connectivity index (χ0) is 15.7. The Labute approximate surface area is 125 Å². The second kappa shape index (κ2) is 9.13. The third kappa shape index (κ3) is 6.40. The zero-order valence-electron chi connectivity index (χ0n) is 12.3. The Morgan fingerprint density at radius 1 is 1.19 bits per heavy atom. The van der Waals surface area contributed by atoms with Crippen LogP contribution in [0.4, 0.5) is 0 Å². The standard InChI is InChI=1S/C16H23NO4/c1-2-3-4-12-5-7-13(8-6-12)11-15(19)17-14(9-10-18)16(20)21/h5-8,14,18H,2-4,9-11H2,1H3,(H,17,19)(H,20,21)/t14-/m0/s1. The normalized spacial score (nSPS) is 11.9. The molecule has 0 aliphatic carbocycles. The maximum absolute atomic E-state index is 11.8. The Hall–Kier alpha value is -1.88. The molecule has 0 saturated carbocycles. The van der Waals surface area contributed by atoms with Gasteiger partial charge in [0.2, 0.25) is 5.91 Å². The summed E-state index contributed by atoms with van der Waals surface area (Å²) < 4.78 is 0. The third-order valence-corrected chi connectivity index (χ3v) is 3.26. The first-order chi connectivity index (χ1) is 10.1. The van der Waals surface area contributed by atoms with E-state index in [4.69, 9.17) is 10.2 Å². The number of aliphatic hydroxyl groups is 1. The zero-order valence-corrected chi connectivity index (χ0v) is 12.3. The first-order valence-corrected chi connectivity index (χ1v) is 7.27. The van der Waals surface area contributed by atoms with Gasteiger partial charge in [0.15, 0.2) is 0 Å². The van der Waals surface area contributed by atoms with Crippen molar-refractivity contribution < 1.29 is 19.8 Å². The van der Waals surface area contributed by atoms with Crippen LogP contribution in [0, 0.1) is 0 Å². The molecule has 5 heteroatoms. The highest BCUT2D eigenvalue weighted by Gasteiger charge is 2.19. The highest BCUT2D eigenvalue weighted by molar-refractivity contribution is 5.84. The second-order valence-corrected chi connectivity index (χ2v) is 5.07. The molecule has 0 spiro atoms. The van der Waals surface area contributed by atoms with Crippen LogP contribution in [-0.4, -0.2) is 34.7 Å². The van der Waals surface area contributed by atoms with Crippen LogP contribution in [-0.2, 0) is 22.4 Å². The average molecular weight is 293 g/mol. The highest BCUT2D eigenvalue weighted by atomic mass is 16.4. The Morgan fingerprint density at radius 2 is 1.81 bits per heavy atom. The number of carbonyl (C=O) groups excluding carboxylic acids is 1. The van der Waals surface area contributed by atoms with E-state index < -0.39 is 12.0 Å². The van der Waals surface area contributed by atoms with Gasteiger partial charge in [-0.05, 0) is 24.0 Å². The fraction of sp³-hybridized carbons (Fsp3) is 0.500. The number of benzene rings is 1. The van der Waals surface area contributed by atoms with Gasteiger partial charge in [0.05, 0.1) is 6.42 Å². The number of carboxylic acid groups (broad SMARTS) is 1. The van der Waals surface area contributed by atoms with Crippen molar-refractivity contribution in [2.75, 3.05) is 6.61 Å². The number of rotatable bonds is 9. The summed E-state index contributed by atoms with van der Waals surface area (Å²) in [6.07, 6.45) is 3.47. The van der Waals surface area contributed by atoms with Crippen molar-refractivity contribution in [3.63, 3.8) is 0 Å². The van der Waals surface area contributed by atoms with Gasteiger partial charge < -0.3 is 15.5 Å². The van der Waals surface area contributed by atoms with Crippen LogP contribution in [0.15, 0.2) is 24.3 Å². The number of aryl methyl sites for hydroxylation is 1. The summed E-state index contributed by atoms with van der Waals surface area (Å²) in [5.74, 6) is -1.48. The summed E-state index contributed by atoms with van der Waals surface area (Å²) in [5.41, 5.74) is 2.09. The number of hydrogen-bond acceptors (Lipinski definition) is 3. The predicted octanol–water partition coefficient (Wildman–Crippen LogP) is 1.52. The van der Waals surface area contributed by atoms with E-state index in [1.54, 1.807) is 0 Å². The minimum absolute atomic E-state index is 0.0109. The average Bonchev–Trinajstić information content (AvgIpc) is 2.46. The molecule has 1 rings (SSSR count). The lowest BCUT2D eigenvalue weighted by Crippen LogP contribution is -2.42. The fourth-order valence-corrected chi connectivity index (χ4v) is 2.02. The maximum atomic E-state index is 11.8. The molecule has 0 unspecified atom stereocenters. The lowest BCUT2D eigenvalue weighted by atomic mass is 10.0. The summed E-state index contributed by atoms with van der Waals surface area (Å²) in [6.45, 7) is 1.87. The summed E-state index contributed by atoms with van der Waals surface area (Å²) in [6, 6.07) is 6.76. The van der Waals surface area contributed by atoms with Crippen LogP contribution in [0.1, 0.15) is 37.3 Å². The Kier molecular flexibility index (Phi) is 7.46. The molecule has 0 radical (unpaired) electrons. The van der Waals surface area contributed by atoms with E-state index in [2.05, 4.69) is 12.2 Å². The smallest absolute Gasteiger partial charge is 0.326 e. The molecule has 0 fully saturated rings. The highest BCUT2D eigenvalue weighted by Crippen LogP contribution is 2.08. The minimum atomic E-state index is -1.13. The van der Waals surface area contributed by atoms with Crippen molar-refractivity contribution in [1.29, 1.82) is 0 Å². The molecule has 1 aromatic carbocycles. The summed E-state index contributed by atoms with van der Waals surface area (Å²) in [4.78, 5) is 22.7. The predicted molar refractivity (Wildman–Crippen MR) is 80.0 cm³/mol. The molecule has 1 atom stereocenters. The van der Waals surface area contributed by atoms with Crippen molar-refractivity contribution in [2.45, 2.75) is 45.1 Å². The number of carboxylic acids is 1. The fourth-order valence-electron chi connectivity index (χ4n) is 2.02. The van der Waals surface area contributed by atoms with Crippen molar-refractivity contribution in [1.82, 2.24) is 5.32 Å². The van der Waals surface area contributed by atoms with Crippen LogP contribution < -0.4 is 5.32 Å². The minimum Gasteiger partial charge on any atom is -0.480 e. The molecule has 0 bridgehead atoms. The van der Waals surface area contributed by atoms with Crippen LogP contribution in [0.2, 0.25) is 0 Å². The lowest BCUT2D eigenvalue weighted by molar-refractivity contribution is -0.142. The number of unbranched alkanes of at least 4 members (excludes halogenated alkanes) is 1. The summed E-state index contributed by atoms with van der Waals surface area (Å²) in [7, 11) is 0. The Balaban J connectivity index is 2.52. The van der Waals surface area contributed by atoms with E-state index in [0.29, 0.717) is 0 Å². The number of carbonyl (C=O) groups is 2. The molecule has 0 heterocycles. The van der Waals surface area contributed by atoms with E-state index in [-0.39, 0.29) is 25.4 Å². The third-order valence-electron chi connectivity index (χ3n) is 3.26. The molecule has 0 aromatic heterocycles. The summed E-state index contributed by atoms with van der Waals surface area (Å²) in [5, 5.41) is 20.1. The van der Waals surface area contributed by atoms with E-state index in [1.165, 1.54) is 5.56 Å². The number of hydrogen-bond donors (Lipinski definition) is 3. The van der Waals surface area contributed by atoms with Gasteiger partial charge in [-0.1, -0.05) is 37.6 Å². The molecule has 116 valence electrons. The van der Waals surface area contributed by atoms with Crippen LogP contribution in [0.3, 0.4) is 0 Å². The summed E-state index contributed by atoms with van der Waals surface area (Å²) >= 11 is 0. The number of aliphatic hydroxyl groups excluding tert-OH is 1. The van der Waals surface area contributed by atoms with Gasteiger partial charge in [0.1, 0.15) is 6.04 Å². The molecular formula is C16H23NO4. The van der Waals surface area contributed by atoms with Gasteiger partial charge in [0, 0.05) is 13.0 Å². The van der Waals surface area contributed by atoms with E-state index >= 15 is 0 Å². The van der Waals surface area contributed by atoms with Gasteiger partial charge in [-0.25, -0.2) is 4.79 Å². The number of aliphatic carboxylic acids is 1. The van der Waals surface area contributed by atoms with Crippen molar-refractivity contribution in [3.8, 4) is 0 Å². The topological polar surface area (TPSA) is 86.6 Å². The van der Waals surface area contributed by atoms with Gasteiger partial charge in [-0.2, -0.15) is 0 Å². The maximum Gasteiger partial charge on any atom is 0.326 e. The quantitative estimate of drug-likeness (QED) is 0.644. The van der Waals surface area contributed by atoms with Crippen LogP contribution >= 0.6 is 0 Å². The monoisotopic (exact) mass is 293 g/mol. The van der Waals surface area contributed by atoms with E-state index in [9.17, 15) is 9.59 Å². The largest absolute Gasteiger partial charge is 0.480 e. The van der Waals surface area contributed by atoms with E-state index in [0.717, 1.165) is 24.8 Å². The molecule has 0 aliphatic rings. The van der Waals surface area contributed by atoms with Crippen LogP contribution in [0.5, 0.6) is 0 Å². The first kappa shape index (κ1) is 17.2. The first-order valence-electron chi connectivity index (χ1n) is 7.27. The molecular weight excluding hydrogens is 270 g/mol. The molecule has 21 heavy (non-hydrogen) atoms. The Morgan fingerprint density at radius 3 is 2.33 bits per heavy atom. The van der Waals surface area contributed by atoms with Gasteiger partial charge in [-0.3, -0.25) is 4.79 Å². The molecule has 5 nitrogen and oxygen atoms in total.